The van der Waals surface area contributed by atoms with Crippen LogP contribution in [0.3, 0.4) is 0 Å². The average Bonchev–Trinajstić information content (AvgIpc) is 3.05. The number of amides is 1. The zero-order valence-electron chi connectivity index (χ0n) is 16.9. The lowest BCUT2D eigenvalue weighted by Crippen LogP contribution is -2.45. The molecular weight excluding hydrogens is 402 g/mol. The molecule has 1 N–H and O–H groups in total. The molecule has 0 bridgehead atoms. The number of methoxy groups -OCH3 is 1. The highest BCUT2D eigenvalue weighted by molar-refractivity contribution is 7.90. The molecule has 0 radical (unpaired) electrons. The molecule has 2 aromatic rings. The van der Waals surface area contributed by atoms with Gasteiger partial charge in [-0.05, 0) is 49.1 Å². The lowest BCUT2D eigenvalue weighted by molar-refractivity contribution is -0.126. The second-order valence-electron chi connectivity index (χ2n) is 7.56. The smallest absolute Gasteiger partial charge is 0.285 e. The summed E-state index contributed by atoms with van der Waals surface area (Å²) >= 11 is 0. The fourth-order valence-corrected chi connectivity index (χ4v) is 5.19. The molecule has 158 valence electrons. The van der Waals surface area contributed by atoms with Crippen molar-refractivity contribution >= 4 is 21.8 Å². The van der Waals surface area contributed by atoms with Crippen molar-refractivity contribution in [3.05, 3.63) is 59.7 Å². The molecule has 0 aromatic heterocycles. The average molecular weight is 428 g/mol. The molecular formula is C22H25N3O4S. The maximum absolute atomic E-state index is 12.7. The maximum atomic E-state index is 12.7. The van der Waals surface area contributed by atoms with Crippen molar-refractivity contribution < 1.29 is 17.9 Å². The zero-order valence-corrected chi connectivity index (χ0v) is 17.7. The minimum Gasteiger partial charge on any atom is -0.497 e. The van der Waals surface area contributed by atoms with Gasteiger partial charge < -0.3 is 15.0 Å². The van der Waals surface area contributed by atoms with E-state index in [1.807, 2.05) is 35.2 Å². The second kappa shape index (κ2) is 8.47. The summed E-state index contributed by atoms with van der Waals surface area (Å²) in [7, 11) is -2.02. The van der Waals surface area contributed by atoms with Crippen molar-refractivity contribution in [2.45, 2.75) is 24.2 Å². The van der Waals surface area contributed by atoms with Gasteiger partial charge in [-0.1, -0.05) is 24.3 Å². The fraction of sp³-hybridized carbons (Fsp3) is 0.364. The molecule has 1 amide bonds. The Balaban J connectivity index is 1.36. The Bertz CT molecular complexity index is 1060. The van der Waals surface area contributed by atoms with Gasteiger partial charge in [-0.15, -0.1) is 4.40 Å². The van der Waals surface area contributed by atoms with Crippen molar-refractivity contribution in [1.82, 2.24) is 10.2 Å². The number of carbonyl (C=O) groups excluding carboxylic acids is 1. The van der Waals surface area contributed by atoms with E-state index in [0.717, 1.165) is 30.6 Å². The number of ether oxygens (including phenoxy) is 1. The molecule has 2 aromatic carbocycles. The van der Waals surface area contributed by atoms with E-state index in [4.69, 9.17) is 4.74 Å². The molecule has 1 atom stereocenters. The predicted octanol–water partition coefficient (Wildman–Crippen LogP) is 2.21. The van der Waals surface area contributed by atoms with Crippen molar-refractivity contribution in [3.8, 4) is 5.75 Å². The third kappa shape index (κ3) is 4.18. The lowest BCUT2D eigenvalue weighted by atomic mass is 9.96. The van der Waals surface area contributed by atoms with Crippen LogP contribution < -0.4 is 10.1 Å². The van der Waals surface area contributed by atoms with Crippen molar-refractivity contribution in [2.24, 2.45) is 10.3 Å². The van der Waals surface area contributed by atoms with E-state index in [0.29, 0.717) is 31.0 Å². The Hall–Kier alpha value is -2.87. The normalized spacial score (nSPS) is 19.7. The van der Waals surface area contributed by atoms with Crippen LogP contribution >= 0.6 is 0 Å². The molecule has 2 aliphatic rings. The highest BCUT2D eigenvalue weighted by Gasteiger charge is 2.35. The van der Waals surface area contributed by atoms with Gasteiger partial charge in [0.1, 0.15) is 10.6 Å². The summed E-state index contributed by atoms with van der Waals surface area (Å²) in [5.74, 6) is 1.08. The summed E-state index contributed by atoms with van der Waals surface area (Å²) in [5, 5.41) is 3.02. The third-order valence-electron chi connectivity index (χ3n) is 5.58. The van der Waals surface area contributed by atoms with Crippen LogP contribution in [0.4, 0.5) is 0 Å². The molecule has 2 heterocycles. The van der Waals surface area contributed by atoms with Gasteiger partial charge in [0.15, 0.2) is 5.84 Å². The molecule has 2 aliphatic heterocycles. The zero-order chi connectivity index (χ0) is 21.1. The molecule has 0 saturated carbocycles. The summed E-state index contributed by atoms with van der Waals surface area (Å²) in [4.78, 5) is 14.9. The number of nitrogens with one attached hydrogen (secondary N) is 1. The van der Waals surface area contributed by atoms with E-state index >= 15 is 0 Å². The van der Waals surface area contributed by atoms with E-state index in [1.165, 1.54) is 0 Å². The van der Waals surface area contributed by atoms with Gasteiger partial charge in [-0.25, -0.2) is 0 Å². The number of likely N-dealkylation sites (tertiary alicyclic amines) is 1. The number of fused-ring (bicyclic) bond motifs is 1. The third-order valence-corrected chi connectivity index (χ3v) is 6.90. The Morgan fingerprint density at radius 3 is 2.73 bits per heavy atom. The van der Waals surface area contributed by atoms with E-state index in [1.54, 1.807) is 25.3 Å². The summed E-state index contributed by atoms with van der Waals surface area (Å²) in [5.41, 5.74) is 1.75. The van der Waals surface area contributed by atoms with Gasteiger partial charge in [-0.3, -0.25) is 4.79 Å². The van der Waals surface area contributed by atoms with E-state index in [-0.39, 0.29) is 16.7 Å². The van der Waals surface area contributed by atoms with E-state index in [9.17, 15) is 13.2 Å². The van der Waals surface area contributed by atoms with Crippen molar-refractivity contribution in [2.75, 3.05) is 26.7 Å². The van der Waals surface area contributed by atoms with Crippen molar-refractivity contribution in [1.29, 1.82) is 0 Å². The molecule has 7 nitrogen and oxygen atoms in total. The predicted molar refractivity (Wildman–Crippen MR) is 114 cm³/mol. The number of piperidine rings is 1. The molecule has 0 aliphatic carbocycles. The lowest BCUT2D eigenvalue weighted by Gasteiger charge is -2.33. The van der Waals surface area contributed by atoms with Gasteiger partial charge in [0.05, 0.1) is 13.0 Å². The van der Waals surface area contributed by atoms with Gasteiger partial charge in [0.2, 0.25) is 5.91 Å². The minimum absolute atomic E-state index is 0.00273. The van der Waals surface area contributed by atoms with Gasteiger partial charge >= 0.3 is 0 Å². The number of hydrogen-bond acceptors (Lipinski definition) is 5. The highest BCUT2D eigenvalue weighted by atomic mass is 32.2. The SMILES string of the molecule is COc1ccc(CCNC(=O)C2CCCN(C3=NS(=O)(=O)c4ccccc43)C2)cc1. The maximum Gasteiger partial charge on any atom is 0.285 e. The Morgan fingerprint density at radius 1 is 1.20 bits per heavy atom. The Kier molecular flexibility index (Phi) is 5.76. The van der Waals surface area contributed by atoms with E-state index < -0.39 is 10.0 Å². The van der Waals surface area contributed by atoms with Crippen LogP contribution in [0.5, 0.6) is 5.75 Å². The first kappa shape index (κ1) is 20.4. The monoisotopic (exact) mass is 427 g/mol. The number of amidine groups is 1. The molecule has 1 fully saturated rings. The van der Waals surface area contributed by atoms with Crippen LogP contribution in [-0.4, -0.2) is 51.8 Å². The van der Waals surface area contributed by atoms with Gasteiger partial charge in [-0.2, -0.15) is 8.42 Å². The summed E-state index contributed by atoms with van der Waals surface area (Å²) in [6.07, 6.45) is 2.34. The number of nitrogens with zero attached hydrogens (tertiary/aromatic N) is 2. The molecule has 8 heteroatoms. The first-order valence-corrected chi connectivity index (χ1v) is 11.5. The van der Waals surface area contributed by atoms with Crippen LogP contribution in [0, 0.1) is 5.92 Å². The van der Waals surface area contributed by atoms with Crippen LogP contribution in [-0.2, 0) is 21.2 Å². The largest absolute Gasteiger partial charge is 0.497 e. The quantitative estimate of drug-likeness (QED) is 0.791. The van der Waals surface area contributed by atoms with Crippen molar-refractivity contribution in [3.63, 3.8) is 0 Å². The van der Waals surface area contributed by atoms with Gasteiger partial charge in [0, 0.05) is 25.2 Å². The number of hydrogen-bond donors (Lipinski definition) is 1. The fourth-order valence-electron chi connectivity index (χ4n) is 3.97. The summed E-state index contributed by atoms with van der Waals surface area (Å²) < 4.78 is 33.8. The van der Waals surface area contributed by atoms with Gasteiger partial charge in [0.25, 0.3) is 10.0 Å². The van der Waals surface area contributed by atoms with Crippen LogP contribution in [0.15, 0.2) is 57.8 Å². The standard InChI is InChI=1S/C22H25N3O4S/c1-29-18-10-8-16(9-11-18)12-13-23-22(26)17-5-4-14-25(15-17)21-19-6-2-3-7-20(19)30(27,28)24-21/h2-3,6-11,17H,4-5,12-15H2,1H3,(H,23,26). The first-order valence-electron chi connectivity index (χ1n) is 10.1. The molecule has 0 spiro atoms. The first-order chi connectivity index (χ1) is 14.5. The summed E-state index contributed by atoms with van der Waals surface area (Å²) in [6, 6.07) is 14.7. The summed E-state index contributed by atoms with van der Waals surface area (Å²) in [6.45, 7) is 1.72. The molecule has 30 heavy (non-hydrogen) atoms. The minimum atomic E-state index is -3.65. The number of rotatable bonds is 5. The Labute approximate surface area is 176 Å². The number of benzene rings is 2. The van der Waals surface area contributed by atoms with Crippen LogP contribution in [0.25, 0.3) is 0 Å². The van der Waals surface area contributed by atoms with Crippen LogP contribution in [0.2, 0.25) is 0 Å². The molecule has 4 rings (SSSR count). The van der Waals surface area contributed by atoms with Crippen LogP contribution in [0.1, 0.15) is 24.0 Å². The topological polar surface area (TPSA) is 88.1 Å². The molecule has 1 unspecified atom stereocenters. The highest BCUT2D eigenvalue weighted by Crippen LogP contribution is 2.29. The van der Waals surface area contributed by atoms with E-state index in [2.05, 4.69) is 9.71 Å². The Morgan fingerprint density at radius 2 is 1.97 bits per heavy atom. The number of carbonyl (C=O) groups is 1. The number of sulfonamides is 1. The second-order valence-corrected chi connectivity index (χ2v) is 9.13. The molecule has 1 saturated heterocycles.